The number of hydrogen-bond donors (Lipinski definition) is 0. The first-order valence-corrected chi connectivity index (χ1v) is 11.5. The van der Waals surface area contributed by atoms with Gasteiger partial charge in [-0.2, -0.15) is 18.3 Å². The molecule has 0 fully saturated rings. The molecule has 4 rings (SSSR count). The highest BCUT2D eigenvalue weighted by molar-refractivity contribution is 7.90. The zero-order valence-corrected chi connectivity index (χ0v) is 17.2. The second-order valence-electron chi connectivity index (χ2n) is 6.66. The van der Waals surface area contributed by atoms with E-state index in [1.807, 2.05) is 0 Å². The van der Waals surface area contributed by atoms with Crippen LogP contribution >= 0.6 is 11.3 Å². The number of rotatable bonds is 4. The highest BCUT2D eigenvalue weighted by Gasteiger charge is 2.35. The molecule has 2 aromatic heterocycles. The molecule has 2 aromatic carbocycles. The summed E-state index contributed by atoms with van der Waals surface area (Å²) in [6, 6.07) is 17.8. The van der Waals surface area contributed by atoms with Gasteiger partial charge in [0, 0.05) is 6.26 Å². The van der Waals surface area contributed by atoms with Gasteiger partial charge in [0.05, 0.1) is 21.2 Å². The van der Waals surface area contributed by atoms with Gasteiger partial charge in [-0.15, -0.1) is 11.3 Å². The number of nitrogens with zero attached hydrogens (tertiary/aromatic N) is 2. The fraction of sp³-hybridized carbons (Fsp3) is 0.0952. The molecule has 0 aliphatic rings. The molecule has 0 N–H and O–H groups in total. The Morgan fingerprint density at radius 2 is 1.67 bits per heavy atom. The van der Waals surface area contributed by atoms with Crippen LogP contribution in [0.3, 0.4) is 0 Å². The molecular weight excluding hydrogens is 433 g/mol. The van der Waals surface area contributed by atoms with Crippen LogP contribution in [0, 0.1) is 0 Å². The zero-order valence-electron chi connectivity index (χ0n) is 15.6. The van der Waals surface area contributed by atoms with Crippen LogP contribution in [0.5, 0.6) is 0 Å². The largest absolute Gasteiger partial charge is 0.435 e. The van der Waals surface area contributed by atoms with Crippen LogP contribution in [0.2, 0.25) is 0 Å². The quantitative estimate of drug-likeness (QED) is 0.403. The standard InChI is InChI=1S/C21H15F3N2O2S2/c1-30(27,28)17-9-5-6-14(10-17)15-11-19(29-13-15)18-12-20(21(22,23)24)25-26(18)16-7-3-2-4-8-16/h2-13H,1H3. The van der Waals surface area contributed by atoms with Crippen molar-refractivity contribution in [3.05, 3.63) is 77.8 Å². The van der Waals surface area contributed by atoms with Gasteiger partial charge in [-0.3, -0.25) is 0 Å². The molecule has 0 bridgehead atoms. The topological polar surface area (TPSA) is 52.0 Å². The van der Waals surface area contributed by atoms with Crippen LogP contribution in [0.15, 0.2) is 77.0 Å². The fourth-order valence-corrected chi connectivity index (χ4v) is 4.58. The number of hydrogen-bond acceptors (Lipinski definition) is 4. The van der Waals surface area contributed by atoms with Crippen molar-refractivity contribution in [2.45, 2.75) is 11.1 Å². The van der Waals surface area contributed by atoms with Gasteiger partial charge < -0.3 is 0 Å². The lowest BCUT2D eigenvalue weighted by atomic mass is 10.1. The summed E-state index contributed by atoms with van der Waals surface area (Å²) >= 11 is 1.27. The molecule has 0 unspecified atom stereocenters. The lowest BCUT2D eigenvalue weighted by Gasteiger charge is -2.06. The minimum absolute atomic E-state index is 0.182. The number of alkyl halides is 3. The monoisotopic (exact) mass is 448 g/mol. The first kappa shape index (κ1) is 20.4. The molecule has 154 valence electrons. The normalized spacial score (nSPS) is 12.3. The van der Waals surface area contributed by atoms with Gasteiger partial charge in [-0.05, 0) is 52.9 Å². The Balaban J connectivity index is 1.81. The van der Waals surface area contributed by atoms with Gasteiger partial charge in [-0.25, -0.2) is 13.1 Å². The maximum Gasteiger partial charge on any atom is 0.435 e. The van der Waals surface area contributed by atoms with E-state index in [9.17, 15) is 21.6 Å². The second-order valence-corrected chi connectivity index (χ2v) is 9.59. The van der Waals surface area contributed by atoms with Gasteiger partial charge in [0.2, 0.25) is 0 Å². The number of benzene rings is 2. The van der Waals surface area contributed by atoms with E-state index >= 15 is 0 Å². The molecule has 0 spiro atoms. The molecule has 30 heavy (non-hydrogen) atoms. The van der Waals surface area contributed by atoms with Crippen molar-refractivity contribution in [2.75, 3.05) is 6.26 Å². The smallest absolute Gasteiger partial charge is 0.232 e. The molecule has 0 atom stereocenters. The predicted molar refractivity (Wildman–Crippen MR) is 110 cm³/mol. The molecule has 0 amide bonds. The Hall–Kier alpha value is -2.91. The van der Waals surface area contributed by atoms with E-state index < -0.39 is 21.7 Å². The molecule has 0 saturated heterocycles. The second kappa shape index (κ2) is 7.41. The van der Waals surface area contributed by atoms with Crippen LogP contribution in [0.25, 0.3) is 27.4 Å². The average Bonchev–Trinajstić information content (AvgIpc) is 3.35. The summed E-state index contributed by atoms with van der Waals surface area (Å²) in [5.41, 5.74) is 1.23. The maximum absolute atomic E-state index is 13.3. The Morgan fingerprint density at radius 1 is 0.933 bits per heavy atom. The van der Waals surface area contributed by atoms with E-state index in [0.29, 0.717) is 21.8 Å². The van der Waals surface area contributed by atoms with Crippen molar-refractivity contribution < 1.29 is 21.6 Å². The van der Waals surface area contributed by atoms with Gasteiger partial charge in [0.15, 0.2) is 15.5 Å². The van der Waals surface area contributed by atoms with Crippen LogP contribution in [-0.2, 0) is 16.0 Å². The van der Waals surface area contributed by atoms with E-state index in [4.69, 9.17) is 0 Å². The van der Waals surface area contributed by atoms with Crippen molar-refractivity contribution in [3.8, 4) is 27.4 Å². The third-order valence-electron chi connectivity index (χ3n) is 4.45. The first-order valence-electron chi connectivity index (χ1n) is 8.75. The number of sulfone groups is 1. The molecule has 4 nitrogen and oxygen atoms in total. The number of aromatic nitrogens is 2. The van der Waals surface area contributed by atoms with Crippen molar-refractivity contribution in [2.24, 2.45) is 0 Å². The summed E-state index contributed by atoms with van der Waals surface area (Å²) in [6.07, 6.45) is -3.44. The van der Waals surface area contributed by atoms with E-state index in [-0.39, 0.29) is 4.90 Å². The summed E-state index contributed by atoms with van der Waals surface area (Å²) in [5.74, 6) is 0. The Bertz CT molecular complexity index is 1310. The van der Waals surface area contributed by atoms with Crippen molar-refractivity contribution in [1.82, 2.24) is 9.78 Å². The minimum atomic E-state index is -4.57. The molecule has 0 aliphatic heterocycles. The van der Waals surface area contributed by atoms with Crippen molar-refractivity contribution >= 4 is 21.2 Å². The number of para-hydroxylation sites is 1. The Labute approximate surface area is 175 Å². The zero-order chi connectivity index (χ0) is 21.5. The summed E-state index contributed by atoms with van der Waals surface area (Å²) < 4.78 is 64.8. The summed E-state index contributed by atoms with van der Waals surface area (Å²) in [5, 5.41) is 5.56. The van der Waals surface area contributed by atoms with Crippen molar-refractivity contribution in [1.29, 1.82) is 0 Å². The van der Waals surface area contributed by atoms with E-state index in [1.165, 1.54) is 22.1 Å². The van der Waals surface area contributed by atoms with Crippen LogP contribution < -0.4 is 0 Å². The highest BCUT2D eigenvalue weighted by atomic mass is 32.2. The molecule has 2 heterocycles. The minimum Gasteiger partial charge on any atom is -0.232 e. The molecule has 4 aromatic rings. The van der Waals surface area contributed by atoms with E-state index in [0.717, 1.165) is 17.9 Å². The van der Waals surface area contributed by atoms with Crippen molar-refractivity contribution in [3.63, 3.8) is 0 Å². The molecule has 0 saturated carbocycles. The lowest BCUT2D eigenvalue weighted by Crippen LogP contribution is -2.07. The van der Waals surface area contributed by atoms with Crippen LogP contribution in [-0.4, -0.2) is 24.5 Å². The third kappa shape index (κ3) is 4.03. The molecular formula is C21H15F3N2O2S2. The predicted octanol–water partition coefficient (Wildman–Crippen LogP) is 5.69. The van der Waals surface area contributed by atoms with E-state index in [2.05, 4.69) is 5.10 Å². The molecule has 9 heteroatoms. The lowest BCUT2D eigenvalue weighted by molar-refractivity contribution is -0.141. The summed E-state index contributed by atoms with van der Waals surface area (Å²) in [7, 11) is -3.37. The summed E-state index contributed by atoms with van der Waals surface area (Å²) in [4.78, 5) is 0.767. The maximum atomic E-state index is 13.3. The number of thiophene rings is 1. The van der Waals surface area contributed by atoms with Gasteiger partial charge in [0.25, 0.3) is 0 Å². The highest BCUT2D eigenvalue weighted by Crippen LogP contribution is 2.37. The van der Waals surface area contributed by atoms with Gasteiger partial charge in [0.1, 0.15) is 0 Å². The first-order chi connectivity index (χ1) is 14.1. The molecule has 0 radical (unpaired) electrons. The Kier molecular flexibility index (Phi) is 5.03. The Morgan fingerprint density at radius 3 is 2.33 bits per heavy atom. The van der Waals surface area contributed by atoms with Crippen LogP contribution in [0.1, 0.15) is 5.69 Å². The van der Waals surface area contributed by atoms with Crippen LogP contribution in [0.4, 0.5) is 13.2 Å². The average molecular weight is 448 g/mol. The van der Waals surface area contributed by atoms with E-state index in [1.54, 1.807) is 60.0 Å². The number of halogens is 3. The SMILES string of the molecule is CS(=O)(=O)c1cccc(-c2csc(-c3cc(C(F)(F)F)nn3-c3ccccc3)c2)c1. The van der Waals surface area contributed by atoms with Gasteiger partial charge >= 0.3 is 6.18 Å². The molecule has 0 aliphatic carbocycles. The third-order valence-corrected chi connectivity index (χ3v) is 6.51. The van der Waals surface area contributed by atoms with Gasteiger partial charge in [-0.1, -0.05) is 30.3 Å². The summed E-state index contributed by atoms with van der Waals surface area (Å²) in [6.45, 7) is 0. The fourth-order valence-electron chi connectivity index (χ4n) is 2.99.